The molecule has 13 heteroatoms. The average molecular weight is 497 g/mol. The molecule has 0 aliphatic carbocycles. The van der Waals surface area contributed by atoms with Crippen molar-refractivity contribution >= 4 is 30.0 Å². The maximum atomic E-state index is 15.4. The zero-order valence-corrected chi connectivity index (χ0v) is 21.4. The fourth-order valence-electron chi connectivity index (χ4n) is 3.02. The molecule has 0 radical (unpaired) electrons. The molecule has 0 unspecified atom stereocenters. The standard InChI is InChI=1S/C22H38F2N10O/c1-8-29-30-22(35)34(25)19-12-20(17(23)11-16(19)14-32(6)7)33(10-9-31(4)5)15-28-21(27-3)18(24)13-26-2/h11-13,29H,2,8-10,14-15,25H2,1,3-7H3,(H,27,28)(H,30,35)/b18-13+. The fraction of sp³-hybridized carbons (Fsp3) is 0.500. The molecule has 35 heavy (non-hydrogen) atoms. The minimum Gasteiger partial charge on any atom is -0.371 e. The van der Waals surface area contributed by atoms with Gasteiger partial charge in [0.1, 0.15) is 12.5 Å². The van der Waals surface area contributed by atoms with Crippen molar-refractivity contribution in [3.8, 4) is 0 Å². The largest absolute Gasteiger partial charge is 0.371 e. The van der Waals surface area contributed by atoms with E-state index in [9.17, 15) is 9.18 Å². The molecule has 0 fully saturated rings. The quantitative estimate of drug-likeness (QED) is 0.107. The van der Waals surface area contributed by atoms with Crippen LogP contribution in [0.4, 0.5) is 25.0 Å². The second kappa shape index (κ2) is 15.0. The van der Waals surface area contributed by atoms with Gasteiger partial charge >= 0.3 is 6.03 Å². The average Bonchev–Trinajstić information content (AvgIpc) is 2.79. The Balaban J connectivity index is 3.52. The summed E-state index contributed by atoms with van der Waals surface area (Å²) in [5.74, 6) is 4.84. The third-order valence-electron chi connectivity index (χ3n) is 4.71. The lowest BCUT2D eigenvalue weighted by molar-refractivity contribution is 0.242. The Morgan fingerprint density at radius 2 is 1.86 bits per heavy atom. The number of hydrogen-bond donors (Lipinski definition) is 4. The number of benzene rings is 1. The van der Waals surface area contributed by atoms with Crippen molar-refractivity contribution in [1.82, 2.24) is 26.0 Å². The van der Waals surface area contributed by atoms with Crippen LogP contribution < -0.4 is 31.9 Å². The van der Waals surface area contributed by atoms with E-state index in [-0.39, 0.29) is 18.2 Å². The van der Waals surface area contributed by atoms with Gasteiger partial charge in [0.05, 0.1) is 17.6 Å². The second-order valence-electron chi connectivity index (χ2n) is 8.13. The Hall–Kier alpha value is -3.13. The summed E-state index contributed by atoms with van der Waals surface area (Å²) >= 11 is 0. The Kier molecular flexibility index (Phi) is 12.8. The first-order valence-electron chi connectivity index (χ1n) is 11.0. The lowest BCUT2D eigenvalue weighted by Crippen LogP contribution is -2.50. The molecule has 5 N–H and O–H groups in total. The molecule has 11 nitrogen and oxygen atoms in total. The van der Waals surface area contributed by atoms with Gasteiger partial charge in [-0.25, -0.2) is 34.8 Å². The lowest BCUT2D eigenvalue weighted by atomic mass is 10.1. The molecule has 0 heterocycles. The van der Waals surface area contributed by atoms with Gasteiger partial charge in [-0.15, -0.1) is 0 Å². The molecule has 2 amide bonds. The molecule has 0 bridgehead atoms. The van der Waals surface area contributed by atoms with Gasteiger partial charge in [0.25, 0.3) is 0 Å². The van der Waals surface area contributed by atoms with Crippen LogP contribution in [0.25, 0.3) is 0 Å². The van der Waals surface area contributed by atoms with Gasteiger partial charge in [0, 0.05) is 33.2 Å². The molecule has 196 valence electrons. The number of nitrogens with one attached hydrogen (secondary N) is 3. The van der Waals surface area contributed by atoms with Gasteiger partial charge in [0.15, 0.2) is 11.7 Å². The van der Waals surface area contributed by atoms with Gasteiger partial charge < -0.3 is 20.0 Å². The minimum absolute atomic E-state index is 0.0532. The van der Waals surface area contributed by atoms with E-state index in [0.717, 1.165) is 11.2 Å². The van der Waals surface area contributed by atoms with Crippen molar-refractivity contribution in [2.75, 3.05) is 71.5 Å². The van der Waals surface area contributed by atoms with Crippen LogP contribution in [-0.4, -0.2) is 89.9 Å². The third-order valence-corrected chi connectivity index (χ3v) is 4.71. The molecule has 0 aromatic heterocycles. The number of carbonyl (C=O) groups is 1. The molecular formula is C22H38F2N10O. The normalized spacial score (nSPS) is 12.2. The Labute approximate surface area is 206 Å². The zero-order chi connectivity index (χ0) is 26.5. The smallest absolute Gasteiger partial charge is 0.350 e. The highest BCUT2D eigenvalue weighted by molar-refractivity contribution is 5.96. The van der Waals surface area contributed by atoms with E-state index in [1.807, 2.05) is 44.9 Å². The molecule has 0 saturated carbocycles. The number of carbonyl (C=O) groups excluding carboxylic acids is 1. The topological polar surface area (TPSA) is 117 Å². The van der Waals surface area contributed by atoms with Crippen LogP contribution in [0.5, 0.6) is 0 Å². The Bertz CT molecular complexity index is 904. The lowest BCUT2D eigenvalue weighted by Gasteiger charge is -2.28. The third kappa shape index (κ3) is 9.56. The number of aliphatic imine (C=N–C) groups is 2. The summed E-state index contributed by atoms with van der Waals surface area (Å²) in [5.41, 5.74) is 6.18. The maximum absolute atomic E-state index is 15.4. The van der Waals surface area contributed by atoms with Crippen molar-refractivity contribution in [3.63, 3.8) is 0 Å². The number of likely N-dealkylation sites (N-methyl/N-ethyl adjacent to an activating group) is 2. The SMILES string of the molecule is C=N/C=C(F)\C(=N/CN(CCN(C)C)c1cc(N(N)C(=O)NNCC)c(CN(C)C)cc1F)NC. The predicted molar refractivity (Wildman–Crippen MR) is 139 cm³/mol. The number of hydrogen-bond acceptors (Lipinski definition) is 8. The van der Waals surface area contributed by atoms with E-state index in [1.165, 1.54) is 19.2 Å². The summed E-state index contributed by atoms with van der Waals surface area (Å²) in [5, 5.41) is 3.59. The molecular weight excluding hydrogens is 458 g/mol. The van der Waals surface area contributed by atoms with Crippen LogP contribution in [0.1, 0.15) is 12.5 Å². The number of nitrogens with zero attached hydrogens (tertiary/aromatic N) is 6. The van der Waals surface area contributed by atoms with Gasteiger partial charge in [-0.1, -0.05) is 6.92 Å². The summed E-state index contributed by atoms with van der Waals surface area (Å²) in [6.45, 7) is 6.77. The van der Waals surface area contributed by atoms with E-state index in [4.69, 9.17) is 5.84 Å². The van der Waals surface area contributed by atoms with Crippen molar-refractivity contribution in [2.24, 2.45) is 15.8 Å². The van der Waals surface area contributed by atoms with Crippen LogP contribution in [0.15, 0.2) is 34.1 Å². The number of amides is 2. The monoisotopic (exact) mass is 496 g/mol. The first-order chi connectivity index (χ1) is 16.5. The molecule has 1 aromatic carbocycles. The van der Waals surface area contributed by atoms with E-state index < -0.39 is 17.7 Å². The molecule has 1 rings (SSSR count). The van der Waals surface area contributed by atoms with Crippen molar-refractivity contribution in [1.29, 1.82) is 0 Å². The first-order valence-corrected chi connectivity index (χ1v) is 11.0. The van der Waals surface area contributed by atoms with Crippen molar-refractivity contribution in [2.45, 2.75) is 13.5 Å². The molecule has 0 atom stereocenters. The Morgan fingerprint density at radius 1 is 1.17 bits per heavy atom. The highest BCUT2D eigenvalue weighted by atomic mass is 19.1. The van der Waals surface area contributed by atoms with Crippen LogP contribution in [-0.2, 0) is 6.54 Å². The number of halogens is 2. The number of hydrazine groups is 2. The van der Waals surface area contributed by atoms with Gasteiger partial charge in [-0.2, -0.15) is 0 Å². The van der Waals surface area contributed by atoms with Crippen LogP contribution in [0.2, 0.25) is 0 Å². The fourth-order valence-corrected chi connectivity index (χ4v) is 3.02. The van der Waals surface area contributed by atoms with Gasteiger partial charge in [-0.3, -0.25) is 10.4 Å². The van der Waals surface area contributed by atoms with Gasteiger partial charge in [0.2, 0.25) is 0 Å². The molecule has 1 aromatic rings. The van der Waals surface area contributed by atoms with E-state index in [1.54, 1.807) is 4.90 Å². The Morgan fingerprint density at radius 3 is 2.40 bits per heavy atom. The van der Waals surface area contributed by atoms with E-state index >= 15 is 4.39 Å². The molecule has 0 spiro atoms. The van der Waals surface area contributed by atoms with Crippen molar-refractivity contribution in [3.05, 3.63) is 35.5 Å². The van der Waals surface area contributed by atoms with Crippen LogP contribution in [0, 0.1) is 5.82 Å². The second-order valence-corrected chi connectivity index (χ2v) is 8.13. The zero-order valence-electron chi connectivity index (χ0n) is 21.4. The summed E-state index contributed by atoms with van der Waals surface area (Å²) in [6.07, 6.45) is 0.934. The minimum atomic E-state index is -0.703. The van der Waals surface area contributed by atoms with Crippen LogP contribution >= 0.6 is 0 Å². The molecule has 0 aliphatic rings. The van der Waals surface area contributed by atoms with E-state index in [0.29, 0.717) is 37.4 Å². The number of anilines is 2. The molecule has 0 saturated heterocycles. The van der Waals surface area contributed by atoms with Crippen LogP contribution in [0.3, 0.4) is 0 Å². The summed E-state index contributed by atoms with van der Waals surface area (Å²) in [4.78, 5) is 25.6. The highest BCUT2D eigenvalue weighted by Gasteiger charge is 2.22. The summed E-state index contributed by atoms with van der Waals surface area (Å²) in [7, 11) is 8.93. The number of urea groups is 1. The molecule has 0 aliphatic heterocycles. The van der Waals surface area contributed by atoms with E-state index in [2.05, 4.69) is 32.9 Å². The predicted octanol–water partition coefficient (Wildman–Crippen LogP) is 1.26. The first kappa shape index (κ1) is 29.9. The summed E-state index contributed by atoms with van der Waals surface area (Å²) < 4.78 is 29.6. The summed E-state index contributed by atoms with van der Waals surface area (Å²) in [6, 6.07) is 2.24. The number of rotatable bonds is 13. The highest BCUT2D eigenvalue weighted by Crippen LogP contribution is 2.30. The maximum Gasteiger partial charge on any atom is 0.350 e. The van der Waals surface area contributed by atoms with Crippen molar-refractivity contribution < 1.29 is 13.6 Å². The number of amidine groups is 1. The number of nitrogens with two attached hydrogens (primary N) is 1. The van der Waals surface area contributed by atoms with Gasteiger partial charge in [-0.05, 0) is 52.6 Å².